The highest BCUT2D eigenvalue weighted by molar-refractivity contribution is 9.10. The van der Waals surface area contributed by atoms with Crippen molar-refractivity contribution in [3.05, 3.63) is 34.1 Å². The van der Waals surface area contributed by atoms with Crippen molar-refractivity contribution in [3.8, 4) is 0 Å². The first-order chi connectivity index (χ1) is 6.74. The summed E-state index contributed by atoms with van der Waals surface area (Å²) >= 11 is 3.24. The molecule has 2 nitrogen and oxygen atoms in total. The molecular weight excluding hydrogens is 249 g/mol. The lowest BCUT2D eigenvalue weighted by Crippen LogP contribution is -2.48. The minimum absolute atomic E-state index is 0.232. The topological polar surface area (TPSA) is 21.3 Å². The molecule has 0 amide bonds. The van der Waals surface area contributed by atoms with Gasteiger partial charge in [0.05, 0.1) is 12.7 Å². The first-order valence-electron chi connectivity index (χ1n) is 4.51. The van der Waals surface area contributed by atoms with E-state index in [1.807, 2.05) is 6.07 Å². The molecule has 14 heavy (non-hydrogen) atoms. The lowest BCUT2D eigenvalue weighted by molar-refractivity contribution is 0.00747. The molecule has 1 heterocycles. The molecule has 0 aromatic heterocycles. The Labute approximate surface area is 90.6 Å². The summed E-state index contributed by atoms with van der Waals surface area (Å²) in [6, 6.07) is 4.81. The fourth-order valence-corrected chi connectivity index (χ4v) is 1.80. The van der Waals surface area contributed by atoms with Crippen molar-refractivity contribution in [2.45, 2.75) is 12.7 Å². The van der Waals surface area contributed by atoms with Crippen LogP contribution in [-0.4, -0.2) is 19.2 Å². The van der Waals surface area contributed by atoms with Gasteiger partial charge in [0.15, 0.2) is 0 Å². The number of hydrogen-bond acceptors (Lipinski definition) is 2. The number of hydrogen-bond donors (Lipinski definition) is 1. The molecule has 1 aliphatic heterocycles. The molecule has 1 aliphatic rings. The average molecular weight is 260 g/mol. The van der Waals surface area contributed by atoms with E-state index < -0.39 is 0 Å². The highest BCUT2D eigenvalue weighted by Crippen LogP contribution is 2.16. The van der Waals surface area contributed by atoms with Crippen molar-refractivity contribution in [2.75, 3.05) is 13.1 Å². The van der Waals surface area contributed by atoms with E-state index in [-0.39, 0.29) is 11.9 Å². The Hall–Kier alpha value is -0.450. The first-order valence-corrected chi connectivity index (χ1v) is 5.30. The summed E-state index contributed by atoms with van der Waals surface area (Å²) in [6.45, 7) is 2.27. The van der Waals surface area contributed by atoms with Crippen molar-refractivity contribution in [1.29, 1.82) is 0 Å². The van der Waals surface area contributed by atoms with Gasteiger partial charge in [-0.25, -0.2) is 4.39 Å². The lowest BCUT2D eigenvalue weighted by atomic mass is 10.2. The van der Waals surface area contributed by atoms with Gasteiger partial charge >= 0.3 is 0 Å². The second kappa shape index (κ2) is 4.38. The van der Waals surface area contributed by atoms with Crippen LogP contribution in [0.4, 0.5) is 4.39 Å². The maximum absolute atomic E-state index is 13.0. The van der Waals surface area contributed by atoms with Crippen molar-refractivity contribution in [1.82, 2.24) is 5.32 Å². The number of nitrogens with one attached hydrogen (secondary N) is 1. The summed E-state index contributed by atoms with van der Waals surface area (Å²) in [6.07, 6.45) is 0.289. The van der Waals surface area contributed by atoms with Crippen molar-refractivity contribution in [2.24, 2.45) is 0 Å². The molecule has 76 valence electrons. The summed E-state index contributed by atoms with van der Waals surface area (Å²) in [5, 5.41) is 3.11. The number of ether oxygens (including phenoxy) is 1. The van der Waals surface area contributed by atoms with Gasteiger partial charge in [-0.05, 0) is 23.8 Å². The van der Waals surface area contributed by atoms with E-state index in [1.165, 1.54) is 12.1 Å². The first kappa shape index (κ1) is 10.1. The summed E-state index contributed by atoms with van der Waals surface area (Å²) in [4.78, 5) is 0. The van der Waals surface area contributed by atoms with Crippen LogP contribution in [-0.2, 0) is 11.3 Å². The van der Waals surface area contributed by atoms with E-state index in [4.69, 9.17) is 4.74 Å². The number of benzene rings is 1. The SMILES string of the molecule is Fc1cc(Br)cc(COC2CNC2)c1. The van der Waals surface area contributed by atoms with Crippen LogP contribution in [0.15, 0.2) is 22.7 Å². The molecule has 0 spiro atoms. The lowest BCUT2D eigenvalue weighted by Gasteiger charge is -2.27. The van der Waals surface area contributed by atoms with Gasteiger partial charge in [-0.1, -0.05) is 15.9 Å². The van der Waals surface area contributed by atoms with E-state index in [2.05, 4.69) is 21.2 Å². The van der Waals surface area contributed by atoms with Crippen molar-refractivity contribution in [3.63, 3.8) is 0 Å². The van der Waals surface area contributed by atoms with Crippen LogP contribution in [0, 0.1) is 5.82 Å². The monoisotopic (exact) mass is 259 g/mol. The second-order valence-electron chi connectivity index (χ2n) is 3.37. The van der Waals surface area contributed by atoms with Gasteiger partial charge in [-0.2, -0.15) is 0 Å². The van der Waals surface area contributed by atoms with Gasteiger partial charge in [-0.3, -0.25) is 0 Å². The highest BCUT2D eigenvalue weighted by atomic mass is 79.9. The van der Waals surface area contributed by atoms with Crippen LogP contribution in [0.25, 0.3) is 0 Å². The molecular formula is C10H11BrFNO. The quantitative estimate of drug-likeness (QED) is 0.898. The molecule has 1 aromatic rings. The zero-order chi connectivity index (χ0) is 9.97. The van der Waals surface area contributed by atoms with Crippen LogP contribution in [0.1, 0.15) is 5.56 Å². The molecule has 0 radical (unpaired) electrons. The van der Waals surface area contributed by atoms with Gasteiger partial charge < -0.3 is 10.1 Å². The molecule has 1 fully saturated rings. The molecule has 4 heteroatoms. The summed E-state index contributed by atoms with van der Waals surface area (Å²) < 4.78 is 19.2. The Kier molecular flexibility index (Phi) is 3.15. The van der Waals surface area contributed by atoms with E-state index >= 15 is 0 Å². The van der Waals surface area contributed by atoms with Gasteiger partial charge in [0.25, 0.3) is 0 Å². The minimum Gasteiger partial charge on any atom is -0.371 e. The third kappa shape index (κ3) is 2.53. The summed E-state index contributed by atoms with van der Waals surface area (Å²) in [7, 11) is 0. The van der Waals surface area contributed by atoms with E-state index in [0.29, 0.717) is 6.61 Å². The molecule has 1 N–H and O–H groups in total. The smallest absolute Gasteiger partial charge is 0.124 e. The predicted molar refractivity (Wildman–Crippen MR) is 55.5 cm³/mol. The van der Waals surface area contributed by atoms with Gasteiger partial charge in [0, 0.05) is 17.6 Å². The number of rotatable bonds is 3. The molecule has 0 saturated carbocycles. The Balaban J connectivity index is 1.94. The molecule has 1 aromatic carbocycles. The van der Waals surface area contributed by atoms with Crippen LogP contribution in [0.3, 0.4) is 0 Å². The molecule has 1 saturated heterocycles. The van der Waals surface area contributed by atoms with Crippen LogP contribution >= 0.6 is 15.9 Å². The Morgan fingerprint density at radius 1 is 1.43 bits per heavy atom. The standard InChI is InChI=1S/C10H11BrFNO/c11-8-1-7(2-9(12)3-8)6-14-10-4-13-5-10/h1-3,10,13H,4-6H2. The zero-order valence-corrected chi connectivity index (χ0v) is 9.18. The predicted octanol–water partition coefficient (Wildman–Crippen LogP) is 2.08. The van der Waals surface area contributed by atoms with Gasteiger partial charge in [0.1, 0.15) is 5.82 Å². The Morgan fingerprint density at radius 2 is 2.21 bits per heavy atom. The largest absolute Gasteiger partial charge is 0.371 e. The molecule has 2 rings (SSSR count). The van der Waals surface area contributed by atoms with Crippen LogP contribution in [0.5, 0.6) is 0 Å². The Morgan fingerprint density at radius 3 is 2.79 bits per heavy atom. The van der Waals surface area contributed by atoms with E-state index in [1.54, 1.807) is 0 Å². The zero-order valence-electron chi connectivity index (χ0n) is 7.59. The average Bonchev–Trinajstić information content (AvgIpc) is 1.99. The molecule has 0 aliphatic carbocycles. The third-order valence-corrected chi connectivity index (χ3v) is 2.61. The Bertz CT molecular complexity index is 308. The second-order valence-corrected chi connectivity index (χ2v) is 4.28. The minimum atomic E-state index is -0.232. The summed E-state index contributed by atoms with van der Waals surface area (Å²) in [5.41, 5.74) is 0.865. The fraction of sp³-hybridized carbons (Fsp3) is 0.400. The molecule has 0 atom stereocenters. The third-order valence-electron chi connectivity index (χ3n) is 2.15. The van der Waals surface area contributed by atoms with Crippen molar-refractivity contribution < 1.29 is 9.13 Å². The summed E-state index contributed by atoms with van der Waals surface area (Å²) in [5.74, 6) is -0.232. The van der Waals surface area contributed by atoms with Gasteiger partial charge in [0.2, 0.25) is 0 Å². The van der Waals surface area contributed by atoms with Crippen molar-refractivity contribution >= 4 is 15.9 Å². The highest BCUT2D eigenvalue weighted by Gasteiger charge is 2.16. The number of halogens is 2. The fourth-order valence-electron chi connectivity index (χ4n) is 1.29. The van der Waals surface area contributed by atoms with Crippen LogP contribution < -0.4 is 5.32 Å². The molecule has 0 unspecified atom stereocenters. The van der Waals surface area contributed by atoms with E-state index in [0.717, 1.165) is 23.1 Å². The molecule has 0 bridgehead atoms. The van der Waals surface area contributed by atoms with E-state index in [9.17, 15) is 4.39 Å². The van der Waals surface area contributed by atoms with Gasteiger partial charge in [-0.15, -0.1) is 0 Å². The van der Waals surface area contributed by atoms with Crippen LogP contribution in [0.2, 0.25) is 0 Å². The maximum atomic E-state index is 13.0. The normalized spacial score (nSPS) is 16.7. The maximum Gasteiger partial charge on any atom is 0.124 e.